The van der Waals surface area contributed by atoms with Gasteiger partial charge in [-0.15, -0.1) is 0 Å². The van der Waals surface area contributed by atoms with E-state index in [1.165, 1.54) is 18.3 Å². The number of hydrogen-bond donors (Lipinski definition) is 2. The van der Waals surface area contributed by atoms with Crippen LogP contribution >= 0.6 is 0 Å². The first-order valence-electron chi connectivity index (χ1n) is 5.69. The van der Waals surface area contributed by atoms with Crippen molar-refractivity contribution in [2.24, 2.45) is 0 Å². The Bertz CT molecular complexity index is 436. The summed E-state index contributed by atoms with van der Waals surface area (Å²) < 4.78 is 0. The van der Waals surface area contributed by atoms with Gasteiger partial charge in [0.05, 0.1) is 11.0 Å². The van der Waals surface area contributed by atoms with Crippen molar-refractivity contribution in [3.05, 3.63) is 28.4 Å². The number of nitrogens with one attached hydrogen (secondary N) is 2. The monoisotopic (exact) mass is 252 g/mol. The molecule has 1 amide bonds. The molecule has 0 aliphatic carbocycles. The molecule has 0 bridgehead atoms. The Morgan fingerprint density at radius 1 is 1.61 bits per heavy atom. The van der Waals surface area contributed by atoms with Crippen LogP contribution < -0.4 is 10.6 Å². The lowest BCUT2D eigenvalue weighted by Gasteiger charge is -2.13. The molecule has 0 saturated heterocycles. The van der Waals surface area contributed by atoms with Crippen molar-refractivity contribution >= 4 is 17.4 Å². The molecule has 1 aromatic heterocycles. The third kappa shape index (κ3) is 4.00. The number of hydrogen-bond acceptors (Lipinski definition) is 5. The van der Waals surface area contributed by atoms with Crippen LogP contribution in [0.1, 0.15) is 20.3 Å². The third-order valence-corrected chi connectivity index (χ3v) is 2.26. The zero-order chi connectivity index (χ0) is 13.5. The van der Waals surface area contributed by atoms with Crippen LogP contribution in [-0.2, 0) is 4.79 Å². The SMILES string of the molecule is CCCNC(=O)C(C)Nc1cc([N+](=O)[O-])ccn1. The van der Waals surface area contributed by atoms with E-state index < -0.39 is 11.0 Å². The summed E-state index contributed by atoms with van der Waals surface area (Å²) in [6, 6.07) is 2.10. The molecule has 1 unspecified atom stereocenters. The van der Waals surface area contributed by atoms with Gasteiger partial charge in [0.15, 0.2) is 0 Å². The fourth-order valence-corrected chi connectivity index (χ4v) is 1.30. The minimum absolute atomic E-state index is 0.0614. The van der Waals surface area contributed by atoms with Gasteiger partial charge in [0.25, 0.3) is 5.69 Å². The van der Waals surface area contributed by atoms with Crippen LogP contribution in [0.3, 0.4) is 0 Å². The van der Waals surface area contributed by atoms with E-state index >= 15 is 0 Å². The smallest absolute Gasteiger partial charge is 0.274 e. The zero-order valence-corrected chi connectivity index (χ0v) is 10.3. The van der Waals surface area contributed by atoms with E-state index in [1.54, 1.807) is 6.92 Å². The van der Waals surface area contributed by atoms with E-state index in [1.807, 2.05) is 6.92 Å². The molecule has 0 fully saturated rings. The minimum Gasteiger partial charge on any atom is -0.358 e. The standard InChI is InChI=1S/C11H16N4O3/c1-3-5-13-11(16)8(2)14-10-7-9(15(17)18)4-6-12-10/h4,6-8H,3,5H2,1-2H3,(H,12,14)(H,13,16). The second-order valence-corrected chi connectivity index (χ2v) is 3.81. The lowest BCUT2D eigenvalue weighted by Crippen LogP contribution is -2.38. The molecule has 1 atom stereocenters. The highest BCUT2D eigenvalue weighted by Crippen LogP contribution is 2.14. The predicted molar refractivity (Wildman–Crippen MR) is 67.3 cm³/mol. The van der Waals surface area contributed by atoms with Crippen molar-refractivity contribution in [1.29, 1.82) is 0 Å². The molecule has 1 aromatic rings. The van der Waals surface area contributed by atoms with Gasteiger partial charge >= 0.3 is 0 Å². The Morgan fingerprint density at radius 3 is 2.94 bits per heavy atom. The lowest BCUT2D eigenvalue weighted by atomic mass is 10.3. The van der Waals surface area contributed by atoms with Crippen molar-refractivity contribution in [2.45, 2.75) is 26.3 Å². The van der Waals surface area contributed by atoms with Crippen LogP contribution in [0, 0.1) is 10.1 Å². The molecule has 1 heterocycles. The third-order valence-electron chi connectivity index (χ3n) is 2.26. The molecule has 0 aliphatic rings. The second kappa shape index (κ2) is 6.53. The predicted octanol–water partition coefficient (Wildman–Crippen LogP) is 1.32. The fourth-order valence-electron chi connectivity index (χ4n) is 1.30. The van der Waals surface area contributed by atoms with Gasteiger partial charge in [-0.2, -0.15) is 0 Å². The Morgan fingerprint density at radius 2 is 2.33 bits per heavy atom. The largest absolute Gasteiger partial charge is 0.358 e. The number of aromatic nitrogens is 1. The fraction of sp³-hybridized carbons (Fsp3) is 0.455. The summed E-state index contributed by atoms with van der Waals surface area (Å²) in [5.74, 6) is 0.147. The highest BCUT2D eigenvalue weighted by molar-refractivity contribution is 5.83. The molecular formula is C11H16N4O3. The van der Waals surface area contributed by atoms with Gasteiger partial charge < -0.3 is 10.6 Å². The number of anilines is 1. The van der Waals surface area contributed by atoms with Gasteiger partial charge in [0.1, 0.15) is 11.9 Å². The number of nitrogens with zero attached hydrogens (tertiary/aromatic N) is 2. The van der Waals surface area contributed by atoms with Crippen molar-refractivity contribution in [3.63, 3.8) is 0 Å². The maximum atomic E-state index is 11.6. The van der Waals surface area contributed by atoms with Gasteiger partial charge in [-0.1, -0.05) is 6.92 Å². The number of nitro groups is 1. The Balaban J connectivity index is 2.63. The number of rotatable bonds is 6. The molecule has 18 heavy (non-hydrogen) atoms. The number of pyridine rings is 1. The van der Waals surface area contributed by atoms with Crippen LogP contribution in [0.5, 0.6) is 0 Å². The Kier molecular flexibility index (Phi) is 5.04. The maximum Gasteiger partial charge on any atom is 0.274 e. The van der Waals surface area contributed by atoms with Crippen LogP contribution in [0.25, 0.3) is 0 Å². The summed E-state index contributed by atoms with van der Waals surface area (Å²) in [4.78, 5) is 25.6. The first kappa shape index (κ1) is 13.9. The minimum atomic E-state index is -0.505. The summed E-state index contributed by atoms with van der Waals surface area (Å²) in [5, 5.41) is 16.1. The summed E-state index contributed by atoms with van der Waals surface area (Å²) in [7, 11) is 0. The maximum absolute atomic E-state index is 11.6. The second-order valence-electron chi connectivity index (χ2n) is 3.81. The molecule has 0 radical (unpaired) electrons. The first-order valence-corrected chi connectivity index (χ1v) is 5.69. The average molecular weight is 252 g/mol. The van der Waals surface area contributed by atoms with Crippen LogP contribution in [0.15, 0.2) is 18.3 Å². The Labute approximate surface area is 105 Å². The van der Waals surface area contributed by atoms with Crippen molar-refractivity contribution < 1.29 is 9.72 Å². The Hall–Kier alpha value is -2.18. The lowest BCUT2D eigenvalue weighted by molar-refractivity contribution is -0.384. The molecule has 0 spiro atoms. The molecule has 0 aliphatic heterocycles. The number of carbonyl (C=O) groups is 1. The molecule has 0 saturated carbocycles. The quantitative estimate of drug-likeness (QED) is 0.587. The summed E-state index contributed by atoms with van der Waals surface area (Å²) in [5.41, 5.74) is -0.0614. The number of amides is 1. The molecule has 2 N–H and O–H groups in total. The molecular weight excluding hydrogens is 236 g/mol. The molecule has 0 aromatic carbocycles. The topological polar surface area (TPSA) is 97.2 Å². The summed E-state index contributed by atoms with van der Waals surface area (Å²) in [6.07, 6.45) is 2.19. The van der Waals surface area contributed by atoms with E-state index in [0.717, 1.165) is 6.42 Å². The zero-order valence-electron chi connectivity index (χ0n) is 10.3. The molecule has 1 rings (SSSR count). The van der Waals surface area contributed by atoms with Crippen LogP contribution in [-0.4, -0.2) is 28.4 Å². The van der Waals surface area contributed by atoms with E-state index in [-0.39, 0.29) is 11.6 Å². The normalized spacial score (nSPS) is 11.7. The molecule has 7 heteroatoms. The van der Waals surface area contributed by atoms with Gasteiger partial charge in [0.2, 0.25) is 5.91 Å². The van der Waals surface area contributed by atoms with Crippen molar-refractivity contribution in [3.8, 4) is 0 Å². The summed E-state index contributed by atoms with van der Waals surface area (Å²) in [6.45, 7) is 4.24. The highest BCUT2D eigenvalue weighted by Gasteiger charge is 2.14. The summed E-state index contributed by atoms with van der Waals surface area (Å²) >= 11 is 0. The van der Waals surface area contributed by atoms with E-state index in [9.17, 15) is 14.9 Å². The number of carbonyl (C=O) groups excluding carboxylic acids is 1. The highest BCUT2D eigenvalue weighted by atomic mass is 16.6. The van der Waals surface area contributed by atoms with Gasteiger partial charge in [-0.05, 0) is 13.3 Å². The average Bonchev–Trinajstić information content (AvgIpc) is 2.36. The van der Waals surface area contributed by atoms with Gasteiger partial charge in [0, 0.05) is 18.8 Å². The van der Waals surface area contributed by atoms with E-state index in [0.29, 0.717) is 12.4 Å². The van der Waals surface area contributed by atoms with Crippen LogP contribution in [0.4, 0.5) is 11.5 Å². The van der Waals surface area contributed by atoms with Crippen molar-refractivity contribution in [1.82, 2.24) is 10.3 Å². The van der Waals surface area contributed by atoms with E-state index in [4.69, 9.17) is 0 Å². The molecule has 7 nitrogen and oxygen atoms in total. The van der Waals surface area contributed by atoms with E-state index in [2.05, 4.69) is 15.6 Å². The van der Waals surface area contributed by atoms with Crippen LogP contribution in [0.2, 0.25) is 0 Å². The van der Waals surface area contributed by atoms with Gasteiger partial charge in [-0.25, -0.2) is 4.98 Å². The first-order chi connectivity index (χ1) is 8.54. The molecule has 98 valence electrons. The van der Waals surface area contributed by atoms with Crippen molar-refractivity contribution in [2.75, 3.05) is 11.9 Å². The van der Waals surface area contributed by atoms with Gasteiger partial charge in [-0.3, -0.25) is 14.9 Å².